The van der Waals surface area contributed by atoms with Crippen molar-refractivity contribution in [1.29, 1.82) is 0 Å². The molecular weight excluding hydrogens is 367 g/mol. The first-order chi connectivity index (χ1) is 11.9. The molecule has 1 atom stereocenters. The van der Waals surface area contributed by atoms with Crippen molar-refractivity contribution in [2.24, 2.45) is 0 Å². The minimum Gasteiger partial charge on any atom is -0.748 e. The van der Waals surface area contributed by atoms with E-state index in [0.29, 0.717) is 25.8 Å². The van der Waals surface area contributed by atoms with Crippen LogP contribution in [0.5, 0.6) is 0 Å². The number of carbonyl (C=O) groups excluding carboxylic acids is 2. The van der Waals surface area contributed by atoms with E-state index < -0.39 is 10.1 Å². The molecule has 9 heteroatoms. The van der Waals surface area contributed by atoms with E-state index >= 15 is 0 Å². The third-order valence-corrected chi connectivity index (χ3v) is 5.21. The van der Waals surface area contributed by atoms with Gasteiger partial charge in [0.2, 0.25) is 11.8 Å². The van der Waals surface area contributed by atoms with Gasteiger partial charge in [0.15, 0.2) is 0 Å². The van der Waals surface area contributed by atoms with Gasteiger partial charge in [-0.15, -0.1) is 0 Å². The maximum atomic E-state index is 11.9. The topological polar surface area (TPSA) is 115 Å². The Balaban J connectivity index is 0.00000625. The van der Waals surface area contributed by atoms with Gasteiger partial charge >= 0.3 is 29.6 Å². The summed E-state index contributed by atoms with van der Waals surface area (Å²) in [6.45, 7) is 0.692. The molecule has 0 spiro atoms. The SMILES string of the molecule is O=C(CCCCCCCCCCS(=O)(=O)[O-])N[C@H]1CCCCNC1=O.[Na+]. The van der Waals surface area contributed by atoms with Gasteiger partial charge in [-0.1, -0.05) is 38.5 Å². The molecule has 7 nitrogen and oxygen atoms in total. The Morgan fingerprint density at radius 2 is 1.62 bits per heavy atom. The van der Waals surface area contributed by atoms with Gasteiger partial charge in [0, 0.05) is 18.7 Å². The average molecular weight is 399 g/mol. The van der Waals surface area contributed by atoms with Gasteiger partial charge in [0.25, 0.3) is 0 Å². The molecular formula is C17H31N2NaO5S. The minimum atomic E-state index is -4.07. The molecule has 1 saturated heterocycles. The molecule has 0 radical (unpaired) electrons. The molecule has 0 saturated carbocycles. The number of hydrogen-bond acceptors (Lipinski definition) is 5. The maximum absolute atomic E-state index is 11.9. The molecule has 26 heavy (non-hydrogen) atoms. The summed E-state index contributed by atoms with van der Waals surface area (Å²) in [5, 5.41) is 5.63. The number of rotatable bonds is 12. The van der Waals surface area contributed by atoms with E-state index in [1.54, 1.807) is 0 Å². The van der Waals surface area contributed by atoms with Crippen LogP contribution in [0.25, 0.3) is 0 Å². The van der Waals surface area contributed by atoms with Gasteiger partial charge in [-0.3, -0.25) is 9.59 Å². The zero-order chi connectivity index (χ0) is 18.5. The van der Waals surface area contributed by atoms with Crippen LogP contribution in [0.2, 0.25) is 0 Å². The first-order valence-electron chi connectivity index (χ1n) is 9.39. The summed E-state index contributed by atoms with van der Waals surface area (Å²) in [7, 11) is -4.07. The second-order valence-electron chi connectivity index (χ2n) is 6.75. The summed E-state index contributed by atoms with van der Waals surface area (Å²) in [4.78, 5) is 23.6. The fourth-order valence-corrected chi connectivity index (χ4v) is 3.53. The van der Waals surface area contributed by atoms with Crippen LogP contribution < -0.4 is 40.2 Å². The van der Waals surface area contributed by atoms with Crippen LogP contribution >= 0.6 is 0 Å². The van der Waals surface area contributed by atoms with Crippen molar-refractivity contribution < 1.29 is 52.1 Å². The average Bonchev–Trinajstić information content (AvgIpc) is 2.73. The molecule has 1 aliphatic rings. The first-order valence-corrected chi connectivity index (χ1v) is 11.0. The van der Waals surface area contributed by atoms with Crippen LogP contribution in [0.3, 0.4) is 0 Å². The van der Waals surface area contributed by atoms with E-state index in [1.807, 2.05) is 0 Å². The number of amides is 2. The van der Waals surface area contributed by atoms with Gasteiger partial charge in [0.1, 0.15) is 6.04 Å². The van der Waals surface area contributed by atoms with Gasteiger partial charge in [0.05, 0.1) is 10.1 Å². The van der Waals surface area contributed by atoms with Crippen LogP contribution in [-0.4, -0.2) is 43.1 Å². The Kier molecular flexibility index (Phi) is 14.8. The minimum absolute atomic E-state index is 0. The van der Waals surface area contributed by atoms with Gasteiger partial charge in [-0.05, 0) is 32.1 Å². The van der Waals surface area contributed by atoms with Crippen LogP contribution in [0.4, 0.5) is 0 Å². The van der Waals surface area contributed by atoms with E-state index in [4.69, 9.17) is 0 Å². The van der Waals surface area contributed by atoms with E-state index in [2.05, 4.69) is 10.6 Å². The third-order valence-electron chi connectivity index (χ3n) is 4.42. The van der Waals surface area contributed by atoms with Crippen LogP contribution in [0, 0.1) is 0 Å². The Bertz CT molecular complexity index is 513. The molecule has 0 aromatic rings. The molecule has 2 amide bonds. The molecule has 1 fully saturated rings. The summed E-state index contributed by atoms with van der Waals surface area (Å²) < 4.78 is 31.3. The van der Waals surface area contributed by atoms with Gasteiger partial charge in [-0.25, -0.2) is 8.42 Å². The summed E-state index contributed by atoms with van der Waals surface area (Å²) in [5.74, 6) is -0.391. The Morgan fingerprint density at radius 3 is 2.23 bits per heavy atom. The molecule has 1 rings (SSSR count). The molecule has 146 valence electrons. The fraction of sp³-hybridized carbons (Fsp3) is 0.882. The van der Waals surface area contributed by atoms with Crippen molar-refractivity contribution in [3.63, 3.8) is 0 Å². The smallest absolute Gasteiger partial charge is 0.748 e. The zero-order valence-corrected chi connectivity index (χ0v) is 18.7. The largest absolute Gasteiger partial charge is 1.00 e. The molecule has 0 unspecified atom stereocenters. The van der Waals surface area contributed by atoms with E-state index in [0.717, 1.165) is 57.8 Å². The van der Waals surface area contributed by atoms with Gasteiger partial charge < -0.3 is 15.2 Å². The fourth-order valence-electron chi connectivity index (χ4n) is 2.97. The van der Waals surface area contributed by atoms with Crippen molar-refractivity contribution in [3.8, 4) is 0 Å². The van der Waals surface area contributed by atoms with E-state index in [9.17, 15) is 22.6 Å². The van der Waals surface area contributed by atoms with Crippen molar-refractivity contribution in [3.05, 3.63) is 0 Å². The Hall–Kier alpha value is -0.150. The predicted octanol–water partition coefficient (Wildman–Crippen LogP) is -1.17. The second-order valence-corrected chi connectivity index (χ2v) is 8.27. The Labute approximate surface area is 179 Å². The van der Waals surface area contributed by atoms with Gasteiger partial charge in [-0.2, -0.15) is 0 Å². The van der Waals surface area contributed by atoms with Crippen LogP contribution in [0.15, 0.2) is 0 Å². The van der Waals surface area contributed by atoms with E-state index in [1.165, 1.54) is 0 Å². The third kappa shape index (κ3) is 14.0. The van der Waals surface area contributed by atoms with Crippen molar-refractivity contribution in [1.82, 2.24) is 10.6 Å². The zero-order valence-electron chi connectivity index (χ0n) is 15.9. The second kappa shape index (κ2) is 14.9. The number of nitrogens with one attached hydrogen (secondary N) is 2. The number of unbranched alkanes of at least 4 members (excludes halogenated alkanes) is 7. The number of hydrogen-bond donors (Lipinski definition) is 2. The maximum Gasteiger partial charge on any atom is 1.00 e. The predicted molar refractivity (Wildman–Crippen MR) is 94.9 cm³/mol. The molecule has 0 aliphatic carbocycles. The molecule has 0 aromatic heterocycles. The normalized spacial score (nSPS) is 17.7. The van der Waals surface area contributed by atoms with Crippen molar-refractivity contribution in [2.45, 2.75) is 83.1 Å². The number of carbonyl (C=O) groups is 2. The van der Waals surface area contributed by atoms with E-state index in [-0.39, 0.29) is 53.2 Å². The quantitative estimate of drug-likeness (QED) is 0.244. The molecule has 2 N–H and O–H groups in total. The molecule has 0 aromatic carbocycles. The first kappa shape index (κ1) is 25.9. The van der Waals surface area contributed by atoms with Crippen LogP contribution in [0.1, 0.15) is 77.0 Å². The standard InChI is InChI=1S/C17H32N2O5S.Na/c20-16(19-15-11-8-9-13-18-17(15)21)12-7-5-3-1-2-4-6-10-14-25(22,23)24;/h15H,1-14H2,(H,18,21)(H,19,20)(H,22,23,24);/q;+1/p-1/t15-;/m0./s1. The monoisotopic (exact) mass is 398 g/mol. The van der Waals surface area contributed by atoms with Crippen molar-refractivity contribution >= 4 is 21.9 Å². The van der Waals surface area contributed by atoms with Crippen LogP contribution in [-0.2, 0) is 19.7 Å². The summed E-state index contributed by atoms with van der Waals surface area (Å²) in [5.41, 5.74) is 0. The summed E-state index contributed by atoms with van der Waals surface area (Å²) in [6, 6.07) is -0.382. The molecule has 1 heterocycles. The molecule has 0 bridgehead atoms. The summed E-state index contributed by atoms with van der Waals surface area (Å²) in [6.07, 6.45) is 10.1. The molecule has 1 aliphatic heterocycles. The van der Waals surface area contributed by atoms with Crippen molar-refractivity contribution in [2.75, 3.05) is 12.3 Å². The summed E-state index contributed by atoms with van der Waals surface area (Å²) >= 11 is 0. The Morgan fingerprint density at radius 1 is 1.04 bits per heavy atom.